The van der Waals surface area contributed by atoms with Crippen LogP contribution >= 0.6 is 0 Å². The first-order chi connectivity index (χ1) is 14.3. The fourth-order valence-electron chi connectivity index (χ4n) is 4.09. The summed E-state index contributed by atoms with van der Waals surface area (Å²) in [5.41, 5.74) is -0.188. The summed E-state index contributed by atoms with van der Waals surface area (Å²) in [4.78, 5) is 37.8. The molecule has 1 amide bonds. The molecule has 7 nitrogen and oxygen atoms in total. The highest BCUT2D eigenvalue weighted by Crippen LogP contribution is 2.29. The number of nitrogens with one attached hydrogen (secondary N) is 1. The van der Waals surface area contributed by atoms with Crippen LogP contribution in [0.4, 0.5) is 0 Å². The van der Waals surface area contributed by atoms with Crippen LogP contribution < -0.4 is 10.9 Å². The Kier molecular flexibility index (Phi) is 6.90. The summed E-state index contributed by atoms with van der Waals surface area (Å²) >= 11 is 0. The Balaban J connectivity index is 1.74. The van der Waals surface area contributed by atoms with Crippen LogP contribution in [0.3, 0.4) is 0 Å². The summed E-state index contributed by atoms with van der Waals surface area (Å²) < 4.78 is 6.57. The van der Waals surface area contributed by atoms with Gasteiger partial charge in [-0.05, 0) is 30.2 Å². The van der Waals surface area contributed by atoms with E-state index in [0.717, 1.165) is 12.8 Å². The zero-order valence-corrected chi connectivity index (χ0v) is 18.2. The maximum atomic E-state index is 12.7. The van der Waals surface area contributed by atoms with E-state index in [1.165, 1.54) is 11.1 Å². The van der Waals surface area contributed by atoms with E-state index in [0.29, 0.717) is 29.2 Å². The monoisotopic (exact) mass is 413 g/mol. The maximum Gasteiger partial charge on any atom is 0.359 e. The van der Waals surface area contributed by atoms with Crippen molar-refractivity contribution < 1.29 is 14.3 Å². The van der Waals surface area contributed by atoms with Crippen LogP contribution in [-0.4, -0.2) is 34.3 Å². The second-order valence-corrected chi connectivity index (χ2v) is 8.79. The molecule has 7 heteroatoms. The normalized spacial score (nSPS) is 21.6. The Morgan fingerprint density at radius 3 is 2.60 bits per heavy atom. The maximum absolute atomic E-state index is 12.7. The van der Waals surface area contributed by atoms with E-state index in [4.69, 9.17) is 4.74 Å². The second kappa shape index (κ2) is 9.41. The lowest BCUT2D eigenvalue weighted by Gasteiger charge is -2.34. The highest BCUT2D eigenvalue weighted by molar-refractivity contribution is 6.02. The summed E-state index contributed by atoms with van der Waals surface area (Å²) in [7, 11) is 0. The molecule has 1 aliphatic carbocycles. The number of rotatable bonds is 6. The number of carbonyl (C=O) groups excluding carboxylic acids is 2. The number of ether oxygens (including phenoxy) is 1. The summed E-state index contributed by atoms with van der Waals surface area (Å²) in [5, 5.41) is 8.10. The summed E-state index contributed by atoms with van der Waals surface area (Å²) in [5.74, 6) is 0.122. The minimum Gasteiger partial charge on any atom is -0.451 e. The van der Waals surface area contributed by atoms with Gasteiger partial charge in [-0.3, -0.25) is 9.59 Å². The van der Waals surface area contributed by atoms with Gasteiger partial charge in [0.15, 0.2) is 12.3 Å². The van der Waals surface area contributed by atoms with Crippen LogP contribution in [0, 0.1) is 17.8 Å². The Morgan fingerprint density at radius 1 is 1.20 bits per heavy atom. The second-order valence-electron chi connectivity index (χ2n) is 8.79. The van der Waals surface area contributed by atoms with Crippen LogP contribution in [-0.2, 0) is 16.1 Å². The molecular formula is C23H31N3O4. The van der Waals surface area contributed by atoms with Crippen LogP contribution in [0.2, 0.25) is 0 Å². The van der Waals surface area contributed by atoms with Crippen molar-refractivity contribution in [3.63, 3.8) is 0 Å². The number of aromatic nitrogens is 2. The average molecular weight is 414 g/mol. The van der Waals surface area contributed by atoms with E-state index in [2.05, 4.69) is 24.3 Å². The Morgan fingerprint density at radius 2 is 1.90 bits per heavy atom. The molecule has 0 aliphatic heterocycles. The van der Waals surface area contributed by atoms with E-state index < -0.39 is 5.97 Å². The van der Waals surface area contributed by atoms with Gasteiger partial charge in [0.2, 0.25) is 0 Å². The van der Waals surface area contributed by atoms with Gasteiger partial charge in [-0.2, -0.15) is 5.10 Å². The van der Waals surface area contributed by atoms with Crippen LogP contribution in [0.25, 0.3) is 10.8 Å². The van der Waals surface area contributed by atoms with Crippen molar-refractivity contribution in [2.75, 3.05) is 6.61 Å². The van der Waals surface area contributed by atoms with E-state index >= 15 is 0 Å². The van der Waals surface area contributed by atoms with Crippen LogP contribution in [0.1, 0.15) is 57.4 Å². The first-order valence-electron chi connectivity index (χ1n) is 10.7. The fourth-order valence-corrected chi connectivity index (χ4v) is 4.09. The third kappa shape index (κ3) is 4.89. The Hall–Kier alpha value is -2.70. The van der Waals surface area contributed by atoms with Gasteiger partial charge in [0.1, 0.15) is 0 Å². The van der Waals surface area contributed by atoms with Crippen molar-refractivity contribution in [1.29, 1.82) is 0 Å². The van der Waals surface area contributed by atoms with Gasteiger partial charge < -0.3 is 10.1 Å². The lowest BCUT2D eigenvalue weighted by Crippen LogP contribution is -2.45. The highest BCUT2D eigenvalue weighted by Gasteiger charge is 2.28. The topological polar surface area (TPSA) is 90.3 Å². The van der Waals surface area contributed by atoms with Crippen molar-refractivity contribution in [2.24, 2.45) is 17.8 Å². The van der Waals surface area contributed by atoms with Crippen LogP contribution in [0.15, 0.2) is 29.1 Å². The first kappa shape index (κ1) is 22.0. The van der Waals surface area contributed by atoms with Crippen molar-refractivity contribution in [2.45, 2.75) is 59.5 Å². The van der Waals surface area contributed by atoms with E-state index in [1.54, 1.807) is 24.3 Å². The SMILES string of the molecule is CC(C)Cn1nc(C(=O)OCC(=O)N[C@@H]2CCC[C@H](C)[C@H]2C)c2ccccc2c1=O. The van der Waals surface area contributed by atoms with Crippen molar-refractivity contribution in [1.82, 2.24) is 15.1 Å². The molecule has 1 aromatic heterocycles. The standard InChI is InChI=1S/C23H31N3O4/c1-14(2)12-26-22(28)18-10-6-5-9-17(18)21(25-26)23(29)30-13-20(27)24-19-11-7-8-15(3)16(19)4/h5-6,9-10,14-16,19H,7-8,11-13H2,1-4H3,(H,24,27)/t15-,16+,19+/m0/s1. The van der Waals surface area contributed by atoms with Crippen molar-refractivity contribution in [3.05, 3.63) is 40.3 Å². The zero-order valence-electron chi connectivity index (χ0n) is 18.2. The van der Waals surface area contributed by atoms with E-state index in [9.17, 15) is 14.4 Å². The molecule has 1 saturated carbocycles. The van der Waals surface area contributed by atoms with E-state index in [1.807, 2.05) is 13.8 Å². The van der Waals surface area contributed by atoms with Gasteiger partial charge in [0.25, 0.3) is 11.5 Å². The predicted octanol–water partition coefficient (Wildman–Crippen LogP) is 3.15. The van der Waals surface area contributed by atoms with E-state index in [-0.39, 0.29) is 35.7 Å². The quantitative estimate of drug-likeness (QED) is 0.735. The van der Waals surface area contributed by atoms with Crippen molar-refractivity contribution in [3.8, 4) is 0 Å². The molecule has 1 aliphatic rings. The van der Waals surface area contributed by atoms with Gasteiger partial charge in [0.05, 0.1) is 5.39 Å². The number of carbonyl (C=O) groups is 2. The van der Waals surface area contributed by atoms with Gasteiger partial charge >= 0.3 is 5.97 Å². The molecule has 0 saturated heterocycles. The number of esters is 1. The summed E-state index contributed by atoms with van der Waals surface area (Å²) in [6.07, 6.45) is 3.20. The third-order valence-electron chi connectivity index (χ3n) is 5.99. The molecule has 162 valence electrons. The molecule has 0 spiro atoms. The molecule has 0 bridgehead atoms. The first-order valence-corrected chi connectivity index (χ1v) is 10.7. The molecule has 1 fully saturated rings. The molecule has 1 heterocycles. The molecule has 2 aromatic rings. The molecule has 30 heavy (non-hydrogen) atoms. The molecule has 1 aromatic carbocycles. The minimum atomic E-state index is -0.705. The number of hydrogen-bond donors (Lipinski definition) is 1. The van der Waals surface area contributed by atoms with Gasteiger partial charge in [-0.1, -0.05) is 58.7 Å². The van der Waals surface area contributed by atoms with Gasteiger partial charge in [0, 0.05) is 18.0 Å². The number of fused-ring (bicyclic) bond motifs is 1. The lowest BCUT2D eigenvalue weighted by atomic mass is 9.78. The van der Waals surface area contributed by atoms with Gasteiger partial charge in [-0.25, -0.2) is 9.48 Å². The smallest absolute Gasteiger partial charge is 0.359 e. The number of hydrogen-bond acceptors (Lipinski definition) is 5. The molecule has 3 atom stereocenters. The predicted molar refractivity (Wildman–Crippen MR) is 115 cm³/mol. The average Bonchev–Trinajstić information content (AvgIpc) is 2.71. The van der Waals surface area contributed by atoms with Crippen molar-refractivity contribution >= 4 is 22.6 Å². The van der Waals surface area contributed by atoms with Crippen LogP contribution in [0.5, 0.6) is 0 Å². The van der Waals surface area contributed by atoms with Gasteiger partial charge in [-0.15, -0.1) is 0 Å². The zero-order chi connectivity index (χ0) is 21.8. The fraction of sp³-hybridized carbons (Fsp3) is 0.565. The molecule has 0 unspecified atom stereocenters. The highest BCUT2D eigenvalue weighted by atomic mass is 16.5. The number of nitrogens with zero attached hydrogens (tertiary/aromatic N) is 2. The number of amides is 1. The third-order valence-corrected chi connectivity index (χ3v) is 5.99. The molecule has 0 radical (unpaired) electrons. The summed E-state index contributed by atoms with van der Waals surface area (Å²) in [6, 6.07) is 6.94. The number of benzene rings is 1. The summed E-state index contributed by atoms with van der Waals surface area (Å²) in [6.45, 7) is 8.32. The molecular weight excluding hydrogens is 382 g/mol. The largest absolute Gasteiger partial charge is 0.451 e. The lowest BCUT2D eigenvalue weighted by molar-refractivity contribution is -0.125. The Labute approximate surface area is 176 Å². The Bertz CT molecular complexity index is 982. The molecule has 3 rings (SSSR count). The molecule has 1 N–H and O–H groups in total. The minimum absolute atomic E-state index is 0.0540.